The maximum atomic E-state index is 13.1. The Morgan fingerprint density at radius 3 is 2.76 bits per heavy atom. The lowest BCUT2D eigenvalue weighted by Crippen LogP contribution is -1.93. The van der Waals surface area contributed by atoms with Gasteiger partial charge in [0.25, 0.3) is 0 Å². The van der Waals surface area contributed by atoms with Crippen LogP contribution in [0.5, 0.6) is 0 Å². The molecule has 0 spiro atoms. The molecule has 106 valence electrons. The van der Waals surface area contributed by atoms with Gasteiger partial charge in [-0.1, -0.05) is 18.2 Å². The fourth-order valence-electron chi connectivity index (χ4n) is 2.32. The molecule has 0 bridgehead atoms. The summed E-state index contributed by atoms with van der Waals surface area (Å²) in [5, 5.41) is 1.15. The molecule has 0 atom stereocenters. The van der Waals surface area contributed by atoms with Crippen molar-refractivity contribution in [1.82, 2.24) is 4.98 Å². The molecular formula is C17H15FN2S. The van der Waals surface area contributed by atoms with Gasteiger partial charge in [0.2, 0.25) is 0 Å². The zero-order valence-corrected chi connectivity index (χ0v) is 12.5. The summed E-state index contributed by atoms with van der Waals surface area (Å²) in [6.45, 7) is 1.99. The normalized spacial score (nSPS) is 11.0. The standard InChI is InChI=1S/C17H15FN2S/c1-11-8-12(14-4-2-3-5-16(14)20-11)10-21-17-7-6-13(18)9-15(17)19/h2-9H,10,19H2,1H3. The van der Waals surface area contributed by atoms with Crippen LogP contribution in [0.3, 0.4) is 0 Å². The maximum absolute atomic E-state index is 13.1. The predicted molar refractivity (Wildman–Crippen MR) is 86.9 cm³/mol. The van der Waals surface area contributed by atoms with Crippen LogP contribution in [0.2, 0.25) is 0 Å². The molecule has 1 aromatic heterocycles. The number of halogens is 1. The number of thioether (sulfide) groups is 1. The van der Waals surface area contributed by atoms with E-state index >= 15 is 0 Å². The molecule has 2 aromatic carbocycles. The molecule has 21 heavy (non-hydrogen) atoms. The highest BCUT2D eigenvalue weighted by Crippen LogP contribution is 2.31. The zero-order valence-electron chi connectivity index (χ0n) is 11.6. The minimum Gasteiger partial charge on any atom is -0.398 e. The lowest BCUT2D eigenvalue weighted by molar-refractivity contribution is 0.627. The summed E-state index contributed by atoms with van der Waals surface area (Å²) in [6.07, 6.45) is 0. The van der Waals surface area contributed by atoms with E-state index < -0.39 is 0 Å². The topological polar surface area (TPSA) is 38.9 Å². The average molecular weight is 298 g/mol. The first-order valence-corrected chi connectivity index (χ1v) is 7.65. The first-order chi connectivity index (χ1) is 10.1. The van der Waals surface area contributed by atoms with Crippen molar-refractivity contribution < 1.29 is 4.39 Å². The second-order valence-corrected chi connectivity index (χ2v) is 5.93. The number of para-hydroxylation sites is 1. The van der Waals surface area contributed by atoms with Gasteiger partial charge in [0.1, 0.15) is 5.82 Å². The molecule has 0 radical (unpaired) electrons. The molecule has 0 unspecified atom stereocenters. The van der Waals surface area contributed by atoms with E-state index in [0.717, 1.165) is 27.2 Å². The Bertz CT molecular complexity index is 802. The van der Waals surface area contributed by atoms with Gasteiger partial charge in [-0.15, -0.1) is 11.8 Å². The fraction of sp³-hybridized carbons (Fsp3) is 0.118. The molecule has 1 heterocycles. The predicted octanol–water partition coefficient (Wildman–Crippen LogP) is 4.56. The van der Waals surface area contributed by atoms with E-state index in [-0.39, 0.29) is 5.82 Å². The Morgan fingerprint density at radius 1 is 1.14 bits per heavy atom. The van der Waals surface area contributed by atoms with Crippen molar-refractivity contribution in [2.45, 2.75) is 17.6 Å². The number of aromatic nitrogens is 1. The highest BCUT2D eigenvalue weighted by Gasteiger charge is 2.06. The van der Waals surface area contributed by atoms with Crippen molar-refractivity contribution in [3.8, 4) is 0 Å². The van der Waals surface area contributed by atoms with Gasteiger partial charge in [-0.2, -0.15) is 0 Å². The summed E-state index contributed by atoms with van der Waals surface area (Å²) in [7, 11) is 0. The number of hydrogen-bond acceptors (Lipinski definition) is 3. The van der Waals surface area contributed by atoms with Crippen LogP contribution in [-0.4, -0.2) is 4.98 Å². The monoisotopic (exact) mass is 298 g/mol. The van der Waals surface area contributed by atoms with Gasteiger partial charge in [-0.25, -0.2) is 4.39 Å². The Morgan fingerprint density at radius 2 is 1.95 bits per heavy atom. The largest absolute Gasteiger partial charge is 0.398 e. The van der Waals surface area contributed by atoms with Crippen molar-refractivity contribution in [1.29, 1.82) is 0 Å². The minimum atomic E-state index is -0.304. The third kappa shape index (κ3) is 3.00. The number of aryl methyl sites for hydroxylation is 1. The summed E-state index contributed by atoms with van der Waals surface area (Å²) in [6, 6.07) is 14.7. The quantitative estimate of drug-likeness (QED) is 0.569. The SMILES string of the molecule is Cc1cc(CSc2ccc(F)cc2N)c2ccccc2n1. The van der Waals surface area contributed by atoms with Crippen molar-refractivity contribution in [3.63, 3.8) is 0 Å². The first kappa shape index (κ1) is 13.9. The van der Waals surface area contributed by atoms with Crippen LogP contribution in [0.25, 0.3) is 10.9 Å². The van der Waals surface area contributed by atoms with Gasteiger partial charge >= 0.3 is 0 Å². The average Bonchev–Trinajstić information content (AvgIpc) is 2.46. The second-order valence-electron chi connectivity index (χ2n) is 4.91. The van der Waals surface area contributed by atoms with E-state index in [2.05, 4.69) is 17.1 Å². The molecule has 2 nitrogen and oxygen atoms in total. The van der Waals surface area contributed by atoms with Crippen molar-refractivity contribution in [2.24, 2.45) is 0 Å². The van der Waals surface area contributed by atoms with Gasteiger partial charge in [0, 0.05) is 27.4 Å². The molecule has 3 aromatic rings. The Kier molecular flexibility index (Phi) is 3.80. The molecule has 0 aliphatic carbocycles. The Balaban J connectivity index is 1.91. The number of benzene rings is 2. The second kappa shape index (κ2) is 5.74. The Labute approximate surface area is 127 Å². The van der Waals surface area contributed by atoms with Gasteiger partial charge in [0.15, 0.2) is 0 Å². The zero-order chi connectivity index (χ0) is 14.8. The molecule has 0 saturated carbocycles. The van der Waals surface area contributed by atoms with E-state index in [0.29, 0.717) is 5.69 Å². The van der Waals surface area contributed by atoms with E-state index in [1.807, 2.05) is 25.1 Å². The molecule has 0 fully saturated rings. The smallest absolute Gasteiger partial charge is 0.125 e. The van der Waals surface area contributed by atoms with Gasteiger partial charge in [0.05, 0.1) is 5.52 Å². The summed E-state index contributed by atoms with van der Waals surface area (Å²) in [4.78, 5) is 5.44. The van der Waals surface area contributed by atoms with Gasteiger partial charge in [-0.05, 0) is 42.8 Å². The van der Waals surface area contributed by atoms with Crippen LogP contribution < -0.4 is 5.73 Å². The number of pyridine rings is 1. The van der Waals surface area contributed by atoms with Crippen molar-refractivity contribution in [3.05, 3.63) is 65.6 Å². The number of fused-ring (bicyclic) bond motifs is 1. The molecule has 3 rings (SSSR count). The molecule has 2 N–H and O–H groups in total. The summed E-state index contributed by atoms with van der Waals surface area (Å²) >= 11 is 1.61. The van der Waals surface area contributed by atoms with Crippen molar-refractivity contribution in [2.75, 3.05) is 5.73 Å². The van der Waals surface area contributed by atoms with E-state index in [1.165, 1.54) is 17.7 Å². The van der Waals surface area contributed by atoms with Crippen LogP contribution in [-0.2, 0) is 5.75 Å². The molecule has 0 aliphatic heterocycles. The third-order valence-corrected chi connectivity index (χ3v) is 4.42. The molecule has 0 amide bonds. The van der Waals surface area contributed by atoms with Gasteiger partial charge < -0.3 is 5.73 Å². The molecular weight excluding hydrogens is 283 g/mol. The number of anilines is 1. The number of nitrogens with zero attached hydrogens (tertiary/aromatic N) is 1. The highest BCUT2D eigenvalue weighted by molar-refractivity contribution is 7.98. The summed E-state index contributed by atoms with van der Waals surface area (Å²) < 4.78 is 13.1. The number of nitrogens with two attached hydrogens (primary N) is 1. The lowest BCUT2D eigenvalue weighted by Gasteiger charge is -2.09. The van der Waals surface area contributed by atoms with Crippen molar-refractivity contribution >= 4 is 28.4 Å². The van der Waals surface area contributed by atoms with Crippen LogP contribution in [0.4, 0.5) is 10.1 Å². The number of nitrogen functional groups attached to an aromatic ring is 1. The number of hydrogen-bond donors (Lipinski definition) is 1. The van der Waals surface area contributed by atoms with E-state index in [9.17, 15) is 4.39 Å². The van der Waals surface area contributed by atoms with Crippen LogP contribution in [0.15, 0.2) is 53.4 Å². The lowest BCUT2D eigenvalue weighted by atomic mass is 10.1. The highest BCUT2D eigenvalue weighted by atomic mass is 32.2. The van der Waals surface area contributed by atoms with Crippen LogP contribution in [0.1, 0.15) is 11.3 Å². The van der Waals surface area contributed by atoms with Gasteiger partial charge in [-0.3, -0.25) is 4.98 Å². The van der Waals surface area contributed by atoms with E-state index in [4.69, 9.17) is 5.73 Å². The minimum absolute atomic E-state index is 0.304. The summed E-state index contributed by atoms with van der Waals surface area (Å²) in [5.41, 5.74) is 9.55. The maximum Gasteiger partial charge on any atom is 0.125 e. The Hall–Kier alpha value is -2.07. The van der Waals surface area contributed by atoms with E-state index in [1.54, 1.807) is 17.8 Å². The molecule has 0 saturated heterocycles. The fourth-order valence-corrected chi connectivity index (χ4v) is 3.26. The number of rotatable bonds is 3. The first-order valence-electron chi connectivity index (χ1n) is 6.66. The molecule has 0 aliphatic rings. The molecule has 4 heteroatoms. The van der Waals surface area contributed by atoms with Crippen LogP contribution in [0, 0.1) is 12.7 Å². The summed E-state index contributed by atoms with van der Waals surface area (Å²) in [5.74, 6) is 0.474. The van der Waals surface area contributed by atoms with Crippen LogP contribution >= 0.6 is 11.8 Å². The third-order valence-electron chi connectivity index (χ3n) is 3.28.